The third-order valence-corrected chi connectivity index (χ3v) is 5.53. The summed E-state index contributed by atoms with van der Waals surface area (Å²) in [6.07, 6.45) is 1.59. The van der Waals surface area contributed by atoms with Crippen LogP contribution in [-0.4, -0.2) is 27.2 Å². The number of alkyl halides is 2. The first-order chi connectivity index (χ1) is 9.42. The fourth-order valence-electron chi connectivity index (χ4n) is 3.47. The maximum absolute atomic E-state index is 12.6. The molecule has 2 aliphatic rings. The van der Waals surface area contributed by atoms with Crippen LogP contribution in [0.5, 0.6) is 0 Å². The molecule has 0 spiro atoms. The van der Waals surface area contributed by atoms with Crippen LogP contribution in [0.15, 0.2) is 30.3 Å². The second-order valence-electron chi connectivity index (χ2n) is 6.11. The van der Waals surface area contributed by atoms with Crippen LogP contribution >= 0.6 is 23.2 Å². The molecular weight excluding hydrogens is 293 g/mol. The molecule has 1 aliphatic heterocycles. The first-order valence-corrected chi connectivity index (χ1v) is 7.92. The molecular formula is C16H19Cl2NO. The van der Waals surface area contributed by atoms with E-state index in [-0.39, 0.29) is 23.9 Å². The van der Waals surface area contributed by atoms with Crippen LogP contribution in [0, 0.1) is 5.92 Å². The molecule has 0 aromatic heterocycles. The maximum atomic E-state index is 12.6. The number of carbonyl (C=O) groups excluding carboxylic acids is 1. The molecule has 1 aromatic rings. The Bertz CT molecular complexity index is 516. The fraction of sp³-hybridized carbons (Fsp3) is 0.562. The first-order valence-electron chi connectivity index (χ1n) is 7.17. The zero-order valence-electron chi connectivity index (χ0n) is 11.7. The predicted molar refractivity (Wildman–Crippen MR) is 82.1 cm³/mol. The SMILES string of the molecule is C[C@@H]1C[C@H](c2ccccc2)[C@H](C)N1C(=O)[C@@H]1CC1(Cl)Cl. The number of likely N-dealkylation sites (tertiary alicyclic amines) is 1. The lowest BCUT2D eigenvalue weighted by molar-refractivity contribution is -0.135. The van der Waals surface area contributed by atoms with Crippen molar-refractivity contribution in [2.24, 2.45) is 5.92 Å². The molecule has 0 unspecified atom stereocenters. The molecule has 1 aliphatic carbocycles. The van der Waals surface area contributed by atoms with Gasteiger partial charge in [0, 0.05) is 18.0 Å². The minimum Gasteiger partial charge on any atom is -0.336 e. The van der Waals surface area contributed by atoms with E-state index in [0.29, 0.717) is 12.3 Å². The Labute approximate surface area is 130 Å². The lowest BCUT2D eigenvalue weighted by atomic mass is 9.92. The summed E-state index contributed by atoms with van der Waals surface area (Å²) < 4.78 is -0.832. The summed E-state index contributed by atoms with van der Waals surface area (Å²) in [4.78, 5) is 14.6. The van der Waals surface area contributed by atoms with E-state index in [9.17, 15) is 4.79 Å². The smallest absolute Gasteiger partial charge is 0.229 e. The van der Waals surface area contributed by atoms with Crippen molar-refractivity contribution in [1.82, 2.24) is 4.90 Å². The number of rotatable bonds is 2. The number of benzene rings is 1. The minimum absolute atomic E-state index is 0.119. The third kappa shape index (κ3) is 2.33. The Balaban J connectivity index is 1.79. The molecule has 1 saturated heterocycles. The van der Waals surface area contributed by atoms with Crippen molar-refractivity contribution in [3.63, 3.8) is 0 Å². The molecule has 20 heavy (non-hydrogen) atoms. The standard InChI is InChI=1S/C16H19Cl2NO/c1-10-8-13(12-6-4-3-5-7-12)11(2)19(10)15(20)14-9-16(14,17)18/h3-7,10-11,13-14H,8-9H2,1-2H3/t10-,11+,13+,14+/m1/s1. The van der Waals surface area contributed by atoms with Crippen LogP contribution in [0.4, 0.5) is 0 Å². The summed E-state index contributed by atoms with van der Waals surface area (Å²) in [6.45, 7) is 4.25. The lowest BCUT2D eigenvalue weighted by Crippen LogP contribution is -2.41. The second kappa shape index (κ2) is 4.92. The monoisotopic (exact) mass is 311 g/mol. The van der Waals surface area contributed by atoms with Gasteiger partial charge in [-0.15, -0.1) is 23.2 Å². The highest BCUT2D eigenvalue weighted by Crippen LogP contribution is 2.55. The molecule has 0 radical (unpaired) electrons. The minimum atomic E-state index is -0.832. The topological polar surface area (TPSA) is 20.3 Å². The van der Waals surface area contributed by atoms with Gasteiger partial charge in [0.2, 0.25) is 5.91 Å². The molecule has 3 rings (SSSR count). The van der Waals surface area contributed by atoms with Gasteiger partial charge in [-0.1, -0.05) is 30.3 Å². The van der Waals surface area contributed by atoms with Crippen molar-refractivity contribution in [2.45, 2.75) is 49.0 Å². The van der Waals surface area contributed by atoms with Crippen LogP contribution in [-0.2, 0) is 4.79 Å². The van der Waals surface area contributed by atoms with Crippen LogP contribution in [0.2, 0.25) is 0 Å². The van der Waals surface area contributed by atoms with Gasteiger partial charge in [-0.2, -0.15) is 0 Å². The van der Waals surface area contributed by atoms with Gasteiger partial charge in [0.15, 0.2) is 0 Å². The van der Waals surface area contributed by atoms with E-state index < -0.39 is 4.33 Å². The zero-order chi connectivity index (χ0) is 14.5. The molecule has 1 saturated carbocycles. The molecule has 108 valence electrons. The van der Waals surface area contributed by atoms with Gasteiger partial charge in [-0.3, -0.25) is 4.79 Å². The molecule has 0 bridgehead atoms. The number of amides is 1. The van der Waals surface area contributed by atoms with E-state index in [0.717, 1.165) is 6.42 Å². The lowest BCUT2D eigenvalue weighted by Gasteiger charge is -2.28. The summed E-state index contributed by atoms with van der Waals surface area (Å²) in [5.74, 6) is 0.299. The summed E-state index contributed by atoms with van der Waals surface area (Å²) in [5.41, 5.74) is 1.31. The van der Waals surface area contributed by atoms with E-state index in [1.165, 1.54) is 5.56 Å². The van der Waals surface area contributed by atoms with Gasteiger partial charge in [0.05, 0.1) is 5.92 Å². The normalized spacial score (nSPS) is 35.1. The highest BCUT2D eigenvalue weighted by atomic mass is 35.5. The van der Waals surface area contributed by atoms with E-state index in [4.69, 9.17) is 23.2 Å². The Morgan fingerprint density at radius 2 is 1.85 bits per heavy atom. The van der Waals surface area contributed by atoms with E-state index >= 15 is 0 Å². The quantitative estimate of drug-likeness (QED) is 0.757. The van der Waals surface area contributed by atoms with Crippen LogP contribution in [0.1, 0.15) is 38.2 Å². The van der Waals surface area contributed by atoms with Gasteiger partial charge in [-0.05, 0) is 32.3 Å². The number of halogens is 2. The average molecular weight is 312 g/mol. The molecule has 2 fully saturated rings. The van der Waals surface area contributed by atoms with E-state index in [1.54, 1.807) is 0 Å². The summed E-state index contributed by atoms with van der Waals surface area (Å²) in [5, 5.41) is 0. The number of hydrogen-bond donors (Lipinski definition) is 0. The molecule has 4 heteroatoms. The Morgan fingerprint density at radius 1 is 1.25 bits per heavy atom. The number of hydrogen-bond acceptors (Lipinski definition) is 1. The van der Waals surface area contributed by atoms with Gasteiger partial charge in [0.1, 0.15) is 4.33 Å². The van der Waals surface area contributed by atoms with Gasteiger partial charge in [0.25, 0.3) is 0 Å². The Hall–Kier alpha value is -0.730. The van der Waals surface area contributed by atoms with Crippen LogP contribution in [0.3, 0.4) is 0 Å². The summed E-state index contributed by atoms with van der Waals surface area (Å²) >= 11 is 12.1. The van der Waals surface area contributed by atoms with E-state index in [2.05, 4.69) is 38.1 Å². The van der Waals surface area contributed by atoms with Gasteiger partial charge >= 0.3 is 0 Å². The predicted octanol–water partition coefficient (Wildman–Crippen LogP) is 3.97. The van der Waals surface area contributed by atoms with Crippen molar-refractivity contribution >= 4 is 29.1 Å². The van der Waals surface area contributed by atoms with Crippen molar-refractivity contribution in [3.8, 4) is 0 Å². The largest absolute Gasteiger partial charge is 0.336 e. The third-order valence-electron chi connectivity index (χ3n) is 4.70. The summed E-state index contributed by atoms with van der Waals surface area (Å²) in [6, 6.07) is 10.9. The Kier molecular flexibility index (Phi) is 3.50. The van der Waals surface area contributed by atoms with Gasteiger partial charge < -0.3 is 4.90 Å². The maximum Gasteiger partial charge on any atom is 0.229 e. The van der Waals surface area contributed by atoms with Crippen LogP contribution < -0.4 is 0 Å². The Morgan fingerprint density at radius 3 is 2.40 bits per heavy atom. The molecule has 4 atom stereocenters. The molecule has 2 nitrogen and oxygen atoms in total. The summed E-state index contributed by atoms with van der Waals surface area (Å²) in [7, 11) is 0. The highest BCUT2D eigenvalue weighted by Gasteiger charge is 2.59. The van der Waals surface area contributed by atoms with Gasteiger partial charge in [-0.25, -0.2) is 0 Å². The molecule has 0 N–H and O–H groups in total. The van der Waals surface area contributed by atoms with Crippen LogP contribution in [0.25, 0.3) is 0 Å². The number of carbonyl (C=O) groups is 1. The number of nitrogens with zero attached hydrogens (tertiary/aromatic N) is 1. The van der Waals surface area contributed by atoms with Crippen molar-refractivity contribution in [3.05, 3.63) is 35.9 Å². The fourth-order valence-corrected chi connectivity index (χ4v) is 3.96. The first kappa shape index (κ1) is 14.2. The van der Waals surface area contributed by atoms with E-state index in [1.807, 2.05) is 11.0 Å². The second-order valence-corrected chi connectivity index (χ2v) is 7.65. The molecule has 1 heterocycles. The van der Waals surface area contributed by atoms with Crippen molar-refractivity contribution < 1.29 is 4.79 Å². The van der Waals surface area contributed by atoms with Crippen molar-refractivity contribution in [1.29, 1.82) is 0 Å². The zero-order valence-corrected chi connectivity index (χ0v) is 13.2. The van der Waals surface area contributed by atoms with Crippen molar-refractivity contribution in [2.75, 3.05) is 0 Å². The molecule has 1 amide bonds. The average Bonchev–Trinajstić information content (AvgIpc) is 2.95. The highest BCUT2D eigenvalue weighted by molar-refractivity contribution is 6.52. The molecule has 1 aromatic carbocycles.